The van der Waals surface area contributed by atoms with Crippen LogP contribution in [0.1, 0.15) is 38.0 Å². The number of carbonyl (C=O) groups excluding carboxylic acids is 1. The van der Waals surface area contributed by atoms with Gasteiger partial charge >= 0.3 is 12.1 Å². The molecule has 35 heavy (non-hydrogen) atoms. The molecule has 1 aliphatic carbocycles. The molecule has 5 rings (SSSR count). The lowest BCUT2D eigenvalue weighted by molar-refractivity contribution is 0.0701. The number of aromatic nitrogens is 1. The highest BCUT2D eigenvalue weighted by molar-refractivity contribution is 7.17. The van der Waals surface area contributed by atoms with Gasteiger partial charge in [-0.05, 0) is 46.9 Å². The number of aromatic carboxylic acids is 1. The van der Waals surface area contributed by atoms with E-state index in [1.54, 1.807) is 19.1 Å². The fraction of sp³-hybridized carbons (Fsp3) is 0.148. The Bertz CT molecular complexity index is 1370. The summed E-state index contributed by atoms with van der Waals surface area (Å²) >= 11 is 0.902. The molecular formula is C27H21FN2O4S. The van der Waals surface area contributed by atoms with Crippen LogP contribution in [-0.4, -0.2) is 28.8 Å². The van der Waals surface area contributed by atoms with Crippen LogP contribution in [0.15, 0.2) is 72.8 Å². The molecule has 1 heterocycles. The number of nitrogens with zero attached hydrogens (tertiary/aromatic N) is 2. The van der Waals surface area contributed by atoms with Gasteiger partial charge in [-0.1, -0.05) is 72.0 Å². The van der Waals surface area contributed by atoms with Gasteiger partial charge in [-0.2, -0.15) is 0 Å². The molecule has 1 aromatic heterocycles. The summed E-state index contributed by atoms with van der Waals surface area (Å²) in [6, 6.07) is 21.8. The molecule has 176 valence electrons. The number of thiazole rings is 1. The summed E-state index contributed by atoms with van der Waals surface area (Å²) in [4.78, 5) is 30.5. The van der Waals surface area contributed by atoms with Gasteiger partial charge in [0.2, 0.25) is 0 Å². The van der Waals surface area contributed by atoms with E-state index in [2.05, 4.69) is 17.1 Å². The van der Waals surface area contributed by atoms with Gasteiger partial charge in [-0.15, -0.1) is 0 Å². The molecule has 0 unspecified atom stereocenters. The number of hydrogen-bond acceptors (Lipinski definition) is 5. The monoisotopic (exact) mass is 488 g/mol. The maximum atomic E-state index is 13.4. The highest BCUT2D eigenvalue weighted by Crippen LogP contribution is 2.44. The van der Waals surface area contributed by atoms with Crippen LogP contribution < -0.4 is 4.90 Å². The van der Waals surface area contributed by atoms with E-state index in [1.165, 1.54) is 17.0 Å². The first-order valence-electron chi connectivity index (χ1n) is 11.0. The summed E-state index contributed by atoms with van der Waals surface area (Å²) in [5.74, 6) is -1.62. The minimum Gasteiger partial charge on any atom is -0.477 e. The van der Waals surface area contributed by atoms with Crippen LogP contribution in [0.5, 0.6) is 0 Å². The number of fused-ring (bicyclic) bond motifs is 3. The molecule has 0 saturated heterocycles. The van der Waals surface area contributed by atoms with E-state index in [0.717, 1.165) is 33.6 Å². The van der Waals surface area contributed by atoms with Crippen LogP contribution in [-0.2, 0) is 11.3 Å². The van der Waals surface area contributed by atoms with Crippen molar-refractivity contribution in [2.24, 2.45) is 0 Å². The Morgan fingerprint density at radius 1 is 1.00 bits per heavy atom. The lowest BCUT2D eigenvalue weighted by Gasteiger charge is -2.21. The Morgan fingerprint density at radius 2 is 1.60 bits per heavy atom. The largest absolute Gasteiger partial charge is 0.477 e. The maximum Gasteiger partial charge on any atom is 0.416 e. The van der Waals surface area contributed by atoms with Gasteiger partial charge in [0.05, 0.1) is 12.2 Å². The van der Waals surface area contributed by atoms with E-state index in [9.17, 15) is 19.1 Å². The van der Waals surface area contributed by atoms with Gasteiger partial charge < -0.3 is 9.84 Å². The standard InChI is InChI=1S/C27H21FN2O4S/c1-16-24(25(31)32)35-26(29-16)30(14-17-10-12-18(28)13-11-17)27(33)34-15-23-21-8-4-2-6-19(21)20-7-3-5-9-22(20)23/h2-13,23H,14-15H2,1H3,(H,31,32). The van der Waals surface area contributed by atoms with Crippen LogP contribution in [0.25, 0.3) is 11.1 Å². The van der Waals surface area contributed by atoms with Crippen LogP contribution in [0.3, 0.4) is 0 Å². The van der Waals surface area contributed by atoms with Crippen molar-refractivity contribution in [2.45, 2.75) is 19.4 Å². The van der Waals surface area contributed by atoms with Gasteiger partial charge in [0.15, 0.2) is 5.13 Å². The number of ether oxygens (including phenoxy) is 1. The lowest BCUT2D eigenvalue weighted by atomic mass is 9.98. The molecule has 0 bridgehead atoms. The number of carbonyl (C=O) groups is 2. The molecule has 3 aromatic carbocycles. The van der Waals surface area contributed by atoms with Gasteiger partial charge in [-0.25, -0.2) is 23.9 Å². The quantitative estimate of drug-likeness (QED) is 0.347. The molecule has 0 aliphatic heterocycles. The first-order chi connectivity index (χ1) is 16.9. The second-order valence-electron chi connectivity index (χ2n) is 8.23. The van der Waals surface area contributed by atoms with E-state index in [4.69, 9.17) is 4.74 Å². The predicted octanol–water partition coefficient (Wildman–Crippen LogP) is 6.24. The molecule has 1 aliphatic rings. The third-order valence-corrected chi connectivity index (χ3v) is 7.19. The number of carboxylic acids is 1. The van der Waals surface area contributed by atoms with Gasteiger partial charge in [0, 0.05) is 5.92 Å². The molecular weight excluding hydrogens is 467 g/mol. The molecule has 6 nitrogen and oxygen atoms in total. The molecule has 1 N–H and O–H groups in total. The summed E-state index contributed by atoms with van der Waals surface area (Å²) in [6.45, 7) is 1.75. The third kappa shape index (κ3) is 4.40. The van der Waals surface area contributed by atoms with Crippen molar-refractivity contribution >= 4 is 28.5 Å². The fourth-order valence-corrected chi connectivity index (χ4v) is 5.25. The molecule has 8 heteroatoms. The number of rotatable bonds is 6. The highest BCUT2D eigenvalue weighted by atomic mass is 32.1. The SMILES string of the molecule is Cc1nc(N(Cc2ccc(F)cc2)C(=O)OCC2c3ccccc3-c3ccccc32)sc1C(=O)O. The maximum absolute atomic E-state index is 13.4. The molecule has 4 aromatic rings. The molecule has 0 radical (unpaired) electrons. The number of aryl methyl sites for hydroxylation is 1. The summed E-state index contributed by atoms with van der Waals surface area (Å²) in [5.41, 5.74) is 5.38. The number of carboxylic acid groups (broad SMARTS) is 1. The van der Waals surface area contributed by atoms with Crippen molar-refractivity contribution in [3.63, 3.8) is 0 Å². The molecule has 0 fully saturated rings. The minimum atomic E-state index is -1.11. The average Bonchev–Trinajstić information content (AvgIpc) is 3.40. The van der Waals surface area contributed by atoms with Gasteiger partial charge in [-0.3, -0.25) is 0 Å². The number of anilines is 1. The van der Waals surface area contributed by atoms with Gasteiger partial charge in [0.1, 0.15) is 17.3 Å². The fourth-order valence-electron chi connectivity index (χ4n) is 4.35. The number of hydrogen-bond donors (Lipinski definition) is 1. The van der Waals surface area contributed by atoms with E-state index >= 15 is 0 Å². The van der Waals surface area contributed by atoms with Crippen molar-refractivity contribution in [3.05, 3.63) is 106 Å². The van der Waals surface area contributed by atoms with Crippen LogP contribution >= 0.6 is 11.3 Å². The third-order valence-electron chi connectivity index (χ3n) is 6.02. The topological polar surface area (TPSA) is 79.7 Å². The van der Waals surface area contributed by atoms with Crippen LogP contribution in [0.2, 0.25) is 0 Å². The van der Waals surface area contributed by atoms with Crippen molar-refractivity contribution in [1.82, 2.24) is 4.98 Å². The Kier molecular flexibility index (Phi) is 6.05. The summed E-state index contributed by atoms with van der Waals surface area (Å²) in [7, 11) is 0. The Hall–Kier alpha value is -4.04. The van der Waals surface area contributed by atoms with Crippen molar-refractivity contribution in [1.29, 1.82) is 0 Å². The number of amides is 1. The zero-order valence-electron chi connectivity index (χ0n) is 18.8. The van der Waals surface area contributed by atoms with E-state index in [-0.39, 0.29) is 34.9 Å². The zero-order chi connectivity index (χ0) is 24.5. The second-order valence-corrected chi connectivity index (χ2v) is 9.21. The molecule has 0 saturated carbocycles. The predicted molar refractivity (Wildman–Crippen MR) is 131 cm³/mol. The van der Waals surface area contributed by atoms with E-state index in [0.29, 0.717) is 11.3 Å². The minimum absolute atomic E-state index is 0.0514. The summed E-state index contributed by atoms with van der Waals surface area (Å²) in [6.07, 6.45) is -0.651. The van der Waals surface area contributed by atoms with E-state index in [1.807, 2.05) is 36.4 Å². The van der Waals surface area contributed by atoms with Crippen LogP contribution in [0, 0.1) is 12.7 Å². The Labute approximate surface area is 205 Å². The number of benzene rings is 3. The normalized spacial score (nSPS) is 12.2. The molecule has 1 amide bonds. The first kappa shape index (κ1) is 22.7. The summed E-state index contributed by atoms with van der Waals surface area (Å²) < 4.78 is 19.2. The first-order valence-corrected chi connectivity index (χ1v) is 11.8. The van der Waals surface area contributed by atoms with Crippen molar-refractivity contribution in [3.8, 4) is 11.1 Å². The zero-order valence-corrected chi connectivity index (χ0v) is 19.6. The highest BCUT2D eigenvalue weighted by Gasteiger charge is 2.31. The number of halogens is 1. The van der Waals surface area contributed by atoms with E-state index < -0.39 is 12.1 Å². The van der Waals surface area contributed by atoms with Crippen molar-refractivity contribution in [2.75, 3.05) is 11.5 Å². The summed E-state index contributed by atoms with van der Waals surface area (Å²) in [5, 5.41) is 9.66. The Morgan fingerprint density at radius 3 is 2.17 bits per heavy atom. The Balaban J connectivity index is 1.42. The molecule has 0 atom stereocenters. The van der Waals surface area contributed by atoms with Gasteiger partial charge in [0.25, 0.3) is 0 Å². The van der Waals surface area contributed by atoms with Crippen molar-refractivity contribution < 1.29 is 23.8 Å². The smallest absolute Gasteiger partial charge is 0.416 e. The molecule has 0 spiro atoms. The average molecular weight is 489 g/mol. The second kappa shape index (κ2) is 9.31. The van der Waals surface area contributed by atoms with Crippen LogP contribution in [0.4, 0.5) is 14.3 Å². The lowest BCUT2D eigenvalue weighted by Crippen LogP contribution is -2.32.